The second-order valence-corrected chi connectivity index (χ2v) is 6.08. The van der Waals surface area contributed by atoms with Crippen LogP contribution in [0, 0.1) is 0 Å². The molecule has 0 aliphatic rings. The number of nitrogens with zero attached hydrogens (tertiary/aromatic N) is 1. The third-order valence-electron chi connectivity index (χ3n) is 3.43. The highest BCUT2D eigenvalue weighted by molar-refractivity contribution is 7.10. The minimum atomic E-state index is -0.467. The number of aryl methyl sites for hydroxylation is 1. The van der Waals surface area contributed by atoms with E-state index in [0.29, 0.717) is 11.3 Å². The van der Waals surface area contributed by atoms with Crippen LogP contribution in [0.25, 0.3) is 0 Å². The Morgan fingerprint density at radius 2 is 2.13 bits per heavy atom. The molecule has 1 atom stereocenters. The number of rotatable bonds is 6. The quantitative estimate of drug-likeness (QED) is 0.650. The van der Waals surface area contributed by atoms with E-state index in [2.05, 4.69) is 10.1 Å². The van der Waals surface area contributed by atoms with Gasteiger partial charge in [0.15, 0.2) is 5.78 Å². The highest BCUT2D eigenvalue weighted by Gasteiger charge is 2.22. The third-order valence-corrected chi connectivity index (χ3v) is 4.42. The fourth-order valence-corrected chi connectivity index (χ4v) is 2.96. The number of ether oxygens (including phenoxy) is 1. The van der Waals surface area contributed by atoms with Gasteiger partial charge in [-0.1, -0.05) is 6.07 Å². The Morgan fingerprint density at radius 1 is 1.39 bits per heavy atom. The number of amides is 1. The number of hydrogen-bond donors (Lipinski definition) is 1. The first-order chi connectivity index (χ1) is 10.9. The van der Waals surface area contributed by atoms with Crippen LogP contribution in [-0.4, -0.2) is 29.3 Å². The standard InChI is InChI=1S/C16H18N2O4S/c1-10(19)11-7-13(18(2)9-11)16(21)17-12(8-15(20)22-3)14-5-4-6-23-14/h4-7,9,12H,8H2,1-3H3,(H,17,21)/t12-/m0/s1. The molecule has 0 aliphatic carbocycles. The topological polar surface area (TPSA) is 77.4 Å². The van der Waals surface area contributed by atoms with Gasteiger partial charge in [0.05, 0.1) is 19.6 Å². The second kappa shape index (κ2) is 7.23. The van der Waals surface area contributed by atoms with Gasteiger partial charge in [-0.15, -0.1) is 11.3 Å². The first-order valence-electron chi connectivity index (χ1n) is 7.00. The third kappa shape index (κ3) is 4.07. The Morgan fingerprint density at radius 3 is 2.65 bits per heavy atom. The summed E-state index contributed by atoms with van der Waals surface area (Å²) < 4.78 is 6.28. The van der Waals surface area contributed by atoms with Crippen molar-refractivity contribution >= 4 is 29.0 Å². The number of methoxy groups -OCH3 is 1. The summed E-state index contributed by atoms with van der Waals surface area (Å²) in [5.41, 5.74) is 0.833. The van der Waals surface area contributed by atoms with Crippen LogP contribution in [0.5, 0.6) is 0 Å². The molecule has 2 heterocycles. The summed E-state index contributed by atoms with van der Waals surface area (Å²) >= 11 is 1.45. The van der Waals surface area contributed by atoms with Crippen molar-refractivity contribution in [3.05, 3.63) is 45.9 Å². The Bertz CT molecular complexity index is 719. The summed E-state index contributed by atoms with van der Waals surface area (Å²) in [6.07, 6.45) is 1.66. The lowest BCUT2D eigenvalue weighted by Crippen LogP contribution is -2.31. The number of nitrogens with one attached hydrogen (secondary N) is 1. The van der Waals surface area contributed by atoms with Crippen molar-refractivity contribution in [1.82, 2.24) is 9.88 Å². The molecule has 6 nitrogen and oxygen atoms in total. The normalized spacial score (nSPS) is 11.8. The van der Waals surface area contributed by atoms with E-state index < -0.39 is 12.0 Å². The minimum absolute atomic E-state index is 0.0484. The van der Waals surface area contributed by atoms with E-state index in [4.69, 9.17) is 0 Å². The molecule has 0 saturated heterocycles. The highest BCUT2D eigenvalue weighted by Crippen LogP contribution is 2.23. The van der Waals surface area contributed by atoms with Crippen molar-refractivity contribution in [3.8, 4) is 0 Å². The largest absolute Gasteiger partial charge is 0.469 e. The van der Waals surface area contributed by atoms with Crippen molar-refractivity contribution in [2.45, 2.75) is 19.4 Å². The fraction of sp³-hybridized carbons (Fsp3) is 0.312. The summed E-state index contributed by atoms with van der Waals surface area (Å²) in [6.45, 7) is 1.45. The number of thiophene rings is 1. The highest BCUT2D eigenvalue weighted by atomic mass is 32.1. The van der Waals surface area contributed by atoms with Gasteiger partial charge in [0, 0.05) is 23.7 Å². The van der Waals surface area contributed by atoms with Gasteiger partial charge in [-0.3, -0.25) is 14.4 Å². The first kappa shape index (κ1) is 17.0. The number of carbonyl (C=O) groups is 3. The monoisotopic (exact) mass is 334 g/mol. The van der Waals surface area contributed by atoms with Crippen LogP contribution in [0.1, 0.15) is 45.1 Å². The maximum absolute atomic E-state index is 12.5. The second-order valence-electron chi connectivity index (χ2n) is 5.10. The fourth-order valence-electron chi connectivity index (χ4n) is 2.18. The zero-order chi connectivity index (χ0) is 17.0. The molecule has 0 unspecified atom stereocenters. The van der Waals surface area contributed by atoms with Gasteiger partial charge in [0.25, 0.3) is 5.91 Å². The molecule has 0 spiro atoms. The number of hydrogen-bond acceptors (Lipinski definition) is 5. The molecule has 23 heavy (non-hydrogen) atoms. The van der Waals surface area contributed by atoms with Crippen LogP contribution in [-0.2, 0) is 16.6 Å². The summed E-state index contributed by atoms with van der Waals surface area (Å²) in [5, 5.41) is 4.71. The molecule has 122 valence electrons. The molecular formula is C16H18N2O4S. The average Bonchev–Trinajstić information content (AvgIpc) is 3.15. The van der Waals surface area contributed by atoms with Crippen molar-refractivity contribution in [3.63, 3.8) is 0 Å². The van der Waals surface area contributed by atoms with E-state index in [9.17, 15) is 14.4 Å². The van der Waals surface area contributed by atoms with Gasteiger partial charge in [-0.05, 0) is 24.4 Å². The minimum Gasteiger partial charge on any atom is -0.469 e. The van der Waals surface area contributed by atoms with Crippen molar-refractivity contribution in [1.29, 1.82) is 0 Å². The van der Waals surface area contributed by atoms with Crippen LogP contribution < -0.4 is 5.32 Å². The van der Waals surface area contributed by atoms with Gasteiger partial charge in [-0.25, -0.2) is 0 Å². The molecule has 1 amide bonds. The number of carbonyl (C=O) groups excluding carboxylic acids is 3. The van der Waals surface area contributed by atoms with E-state index >= 15 is 0 Å². The molecule has 2 rings (SSSR count). The zero-order valence-corrected chi connectivity index (χ0v) is 14.0. The van der Waals surface area contributed by atoms with Gasteiger partial charge < -0.3 is 14.6 Å². The molecule has 0 aliphatic heterocycles. The molecule has 0 bridgehead atoms. The van der Waals surface area contributed by atoms with Gasteiger partial charge in [-0.2, -0.15) is 0 Å². The Kier molecular flexibility index (Phi) is 5.33. The summed E-state index contributed by atoms with van der Waals surface area (Å²) in [5.74, 6) is -0.855. The first-order valence-corrected chi connectivity index (χ1v) is 7.88. The number of Topliss-reactive ketones (excluding diaryl/α,β-unsaturated/α-hetero) is 1. The molecule has 0 aromatic carbocycles. The van der Waals surface area contributed by atoms with E-state index in [1.165, 1.54) is 25.4 Å². The average molecular weight is 334 g/mol. The summed E-state index contributed by atoms with van der Waals surface area (Å²) in [6, 6.07) is 4.78. The lowest BCUT2D eigenvalue weighted by Gasteiger charge is -2.16. The van der Waals surface area contributed by atoms with E-state index in [1.54, 1.807) is 23.9 Å². The number of ketones is 1. The summed E-state index contributed by atoms with van der Waals surface area (Å²) in [4.78, 5) is 36.4. The van der Waals surface area contributed by atoms with Gasteiger partial charge in [0.1, 0.15) is 5.69 Å². The predicted molar refractivity (Wildman–Crippen MR) is 86.6 cm³/mol. The molecule has 1 N–H and O–H groups in total. The SMILES string of the molecule is COC(=O)C[C@H](NC(=O)c1cc(C(C)=O)cn1C)c1cccs1. The molecule has 0 fully saturated rings. The van der Waals surface area contributed by atoms with Crippen LogP contribution in [0.15, 0.2) is 29.8 Å². The van der Waals surface area contributed by atoms with E-state index in [0.717, 1.165) is 4.88 Å². The number of esters is 1. The zero-order valence-electron chi connectivity index (χ0n) is 13.2. The molecule has 2 aromatic heterocycles. The number of aromatic nitrogens is 1. The lowest BCUT2D eigenvalue weighted by atomic mass is 10.1. The van der Waals surface area contributed by atoms with Crippen LogP contribution in [0.3, 0.4) is 0 Å². The maximum Gasteiger partial charge on any atom is 0.307 e. The van der Waals surface area contributed by atoms with Crippen molar-refractivity contribution in [2.75, 3.05) is 7.11 Å². The lowest BCUT2D eigenvalue weighted by molar-refractivity contribution is -0.141. The molecule has 0 radical (unpaired) electrons. The van der Waals surface area contributed by atoms with Crippen molar-refractivity contribution < 1.29 is 19.1 Å². The van der Waals surface area contributed by atoms with Crippen LogP contribution in [0.2, 0.25) is 0 Å². The van der Waals surface area contributed by atoms with Gasteiger partial charge in [0.2, 0.25) is 0 Å². The van der Waals surface area contributed by atoms with Crippen LogP contribution in [0.4, 0.5) is 0 Å². The van der Waals surface area contributed by atoms with Crippen LogP contribution >= 0.6 is 11.3 Å². The Balaban J connectivity index is 2.20. The Labute approximate surface area is 138 Å². The summed E-state index contributed by atoms with van der Waals surface area (Å²) in [7, 11) is 3.01. The molecule has 2 aromatic rings. The molecule has 7 heteroatoms. The van der Waals surface area contributed by atoms with Crippen molar-refractivity contribution in [2.24, 2.45) is 7.05 Å². The molecular weight excluding hydrogens is 316 g/mol. The van der Waals surface area contributed by atoms with E-state index in [-0.39, 0.29) is 18.1 Å². The Hall–Kier alpha value is -2.41. The maximum atomic E-state index is 12.5. The van der Waals surface area contributed by atoms with Gasteiger partial charge >= 0.3 is 5.97 Å². The predicted octanol–water partition coefficient (Wildman–Crippen LogP) is 2.32. The van der Waals surface area contributed by atoms with E-state index in [1.807, 2.05) is 17.5 Å². The smallest absolute Gasteiger partial charge is 0.307 e. The molecule has 0 saturated carbocycles.